The van der Waals surface area contributed by atoms with Crippen LogP contribution in [0.5, 0.6) is 11.5 Å². The average Bonchev–Trinajstić information content (AvgIpc) is 3.06. The number of benzene rings is 1. The van der Waals surface area contributed by atoms with E-state index in [2.05, 4.69) is 16.7 Å². The summed E-state index contributed by atoms with van der Waals surface area (Å²) in [7, 11) is 0. The maximum absolute atomic E-state index is 11.7. The van der Waals surface area contributed by atoms with Crippen molar-refractivity contribution in [1.82, 2.24) is 10.6 Å². The molecule has 22 heavy (non-hydrogen) atoms. The Morgan fingerprint density at radius 2 is 2.05 bits per heavy atom. The van der Waals surface area contributed by atoms with Gasteiger partial charge in [-0.1, -0.05) is 18.2 Å². The summed E-state index contributed by atoms with van der Waals surface area (Å²) in [4.78, 5) is 13.0. The van der Waals surface area contributed by atoms with Crippen molar-refractivity contribution >= 4 is 17.4 Å². The van der Waals surface area contributed by atoms with Gasteiger partial charge in [-0.15, -0.1) is 11.3 Å². The van der Waals surface area contributed by atoms with Crippen LogP contribution >= 0.6 is 11.3 Å². The standard InChI is InChI=1S/C16H18N2O3S/c19-16(17-8-7-13-4-3-9-22-13)18-10-12-11-20-14-5-1-2-6-15(14)21-12/h1-6,9,12H,7-8,10-11H2,(H2,17,18,19)/t12-/m0/s1. The predicted octanol–water partition coefficient (Wildman–Crippen LogP) is 2.43. The first-order chi connectivity index (χ1) is 10.8. The van der Waals surface area contributed by atoms with Crippen LogP contribution in [-0.2, 0) is 6.42 Å². The number of hydrogen-bond donors (Lipinski definition) is 2. The number of urea groups is 1. The van der Waals surface area contributed by atoms with E-state index in [1.807, 2.05) is 35.7 Å². The molecule has 2 aromatic rings. The Kier molecular flexibility index (Phi) is 4.80. The molecule has 0 aliphatic carbocycles. The Labute approximate surface area is 133 Å². The molecule has 0 spiro atoms. The van der Waals surface area contributed by atoms with Gasteiger partial charge in [-0.05, 0) is 30.0 Å². The molecule has 0 bridgehead atoms. The highest BCUT2D eigenvalue weighted by atomic mass is 32.1. The maximum Gasteiger partial charge on any atom is 0.314 e. The molecule has 116 valence electrons. The van der Waals surface area contributed by atoms with Crippen molar-refractivity contribution in [3.8, 4) is 11.5 Å². The third-order valence-electron chi connectivity index (χ3n) is 3.29. The molecule has 5 nitrogen and oxygen atoms in total. The first-order valence-electron chi connectivity index (χ1n) is 7.24. The lowest BCUT2D eigenvalue weighted by Gasteiger charge is -2.26. The van der Waals surface area contributed by atoms with E-state index in [0.29, 0.717) is 19.7 Å². The van der Waals surface area contributed by atoms with Gasteiger partial charge >= 0.3 is 6.03 Å². The van der Waals surface area contributed by atoms with Crippen molar-refractivity contribution in [1.29, 1.82) is 0 Å². The number of fused-ring (bicyclic) bond motifs is 1. The smallest absolute Gasteiger partial charge is 0.314 e. The number of hydrogen-bond acceptors (Lipinski definition) is 4. The topological polar surface area (TPSA) is 59.6 Å². The Bertz CT molecular complexity index is 616. The second-order valence-corrected chi connectivity index (χ2v) is 6.00. The third-order valence-corrected chi connectivity index (χ3v) is 4.23. The van der Waals surface area contributed by atoms with Crippen LogP contribution in [0.2, 0.25) is 0 Å². The normalized spacial score (nSPS) is 16.1. The molecular formula is C16H18N2O3S. The van der Waals surface area contributed by atoms with E-state index in [0.717, 1.165) is 17.9 Å². The van der Waals surface area contributed by atoms with Gasteiger partial charge in [0.15, 0.2) is 17.6 Å². The van der Waals surface area contributed by atoms with Crippen LogP contribution in [0.25, 0.3) is 0 Å². The van der Waals surface area contributed by atoms with Crippen LogP contribution in [-0.4, -0.2) is 31.8 Å². The predicted molar refractivity (Wildman–Crippen MR) is 85.8 cm³/mol. The zero-order valence-electron chi connectivity index (χ0n) is 12.1. The molecule has 2 heterocycles. The van der Waals surface area contributed by atoms with Crippen molar-refractivity contribution in [2.24, 2.45) is 0 Å². The van der Waals surface area contributed by atoms with E-state index < -0.39 is 0 Å². The quantitative estimate of drug-likeness (QED) is 0.890. The van der Waals surface area contributed by atoms with Gasteiger partial charge in [-0.2, -0.15) is 0 Å². The van der Waals surface area contributed by atoms with Gasteiger partial charge < -0.3 is 20.1 Å². The Hall–Kier alpha value is -2.21. The van der Waals surface area contributed by atoms with E-state index in [9.17, 15) is 4.79 Å². The fourth-order valence-corrected chi connectivity index (χ4v) is 2.90. The molecule has 0 radical (unpaired) electrons. The summed E-state index contributed by atoms with van der Waals surface area (Å²) in [5.41, 5.74) is 0. The van der Waals surface area contributed by atoms with E-state index in [1.54, 1.807) is 11.3 Å². The molecular weight excluding hydrogens is 300 g/mol. The van der Waals surface area contributed by atoms with Gasteiger partial charge in [0.25, 0.3) is 0 Å². The van der Waals surface area contributed by atoms with Crippen LogP contribution in [0.1, 0.15) is 4.88 Å². The van der Waals surface area contributed by atoms with Crippen molar-refractivity contribution < 1.29 is 14.3 Å². The molecule has 3 rings (SSSR count). The minimum atomic E-state index is -0.181. The van der Waals surface area contributed by atoms with E-state index >= 15 is 0 Å². The number of carbonyl (C=O) groups is 1. The highest BCUT2D eigenvalue weighted by Gasteiger charge is 2.20. The highest BCUT2D eigenvalue weighted by molar-refractivity contribution is 7.09. The fourth-order valence-electron chi connectivity index (χ4n) is 2.19. The summed E-state index contributed by atoms with van der Waals surface area (Å²) in [6.07, 6.45) is 0.680. The van der Waals surface area contributed by atoms with Gasteiger partial charge in [0.05, 0.1) is 6.54 Å². The Balaban J connectivity index is 1.37. The molecule has 0 unspecified atom stereocenters. The summed E-state index contributed by atoms with van der Waals surface area (Å²) in [5, 5.41) is 7.69. The third kappa shape index (κ3) is 3.92. The van der Waals surface area contributed by atoms with Crippen LogP contribution in [0.15, 0.2) is 41.8 Å². The summed E-state index contributed by atoms with van der Waals surface area (Å²) in [6, 6.07) is 11.4. The number of amides is 2. The molecule has 0 saturated carbocycles. The number of carbonyl (C=O) groups excluding carboxylic acids is 1. The van der Waals surface area contributed by atoms with Crippen LogP contribution in [0.3, 0.4) is 0 Å². The number of thiophene rings is 1. The van der Waals surface area contributed by atoms with E-state index in [4.69, 9.17) is 9.47 Å². The van der Waals surface area contributed by atoms with Gasteiger partial charge in [0.1, 0.15) is 6.61 Å². The van der Waals surface area contributed by atoms with Crippen molar-refractivity contribution in [2.75, 3.05) is 19.7 Å². The second kappa shape index (κ2) is 7.17. The zero-order chi connectivity index (χ0) is 15.2. The lowest BCUT2D eigenvalue weighted by molar-refractivity contribution is 0.0918. The molecule has 1 aliphatic heterocycles. The molecule has 6 heteroatoms. The Morgan fingerprint density at radius 3 is 2.86 bits per heavy atom. The number of nitrogens with one attached hydrogen (secondary N) is 2. The van der Waals surface area contributed by atoms with Gasteiger partial charge in [0, 0.05) is 11.4 Å². The average molecular weight is 318 g/mol. The fraction of sp³-hybridized carbons (Fsp3) is 0.312. The molecule has 1 aliphatic rings. The molecule has 1 aromatic carbocycles. The summed E-state index contributed by atoms with van der Waals surface area (Å²) < 4.78 is 11.4. The number of rotatable bonds is 5. The molecule has 1 aromatic heterocycles. The molecule has 0 fully saturated rings. The number of para-hydroxylation sites is 2. The lowest BCUT2D eigenvalue weighted by atomic mass is 10.2. The van der Waals surface area contributed by atoms with Crippen molar-refractivity contribution in [3.05, 3.63) is 46.7 Å². The van der Waals surface area contributed by atoms with Crippen LogP contribution in [0, 0.1) is 0 Å². The minimum Gasteiger partial charge on any atom is -0.486 e. The van der Waals surface area contributed by atoms with E-state index in [1.165, 1.54) is 4.88 Å². The zero-order valence-corrected chi connectivity index (χ0v) is 12.9. The Morgan fingerprint density at radius 1 is 1.18 bits per heavy atom. The van der Waals surface area contributed by atoms with Crippen LogP contribution < -0.4 is 20.1 Å². The van der Waals surface area contributed by atoms with Crippen LogP contribution in [0.4, 0.5) is 4.79 Å². The lowest BCUT2D eigenvalue weighted by Crippen LogP contribution is -2.44. The maximum atomic E-state index is 11.7. The highest BCUT2D eigenvalue weighted by Crippen LogP contribution is 2.30. The van der Waals surface area contributed by atoms with Gasteiger partial charge in [0.2, 0.25) is 0 Å². The SMILES string of the molecule is O=C(NCCc1cccs1)NC[C@H]1COc2ccccc2O1. The monoisotopic (exact) mass is 318 g/mol. The van der Waals surface area contributed by atoms with Crippen molar-refractivity contribution in [2.45, 2.75) is 12.5 Å². The molecule has 2 amide bonds. The summed E-state index contributed by atoms with van der Waals surface area (Å²) >= 11 is 1.70. The molecule has 2 N–H and O–H groups in total. The number of ether oxygens (including phenoxy) is 2. The van der Waals surface area contributed by atoms with E-state index in [-0.39, 0.29) is 12.1 Å². The molecule has 1 atom stereocenters. The van der Waals surface area contributed by atoms with Gasteiger partial charge in [-0.3, -0.25) is 0 Å². The largest absolute Gasteiger partial charge is 0.486 e. The molecule has 0 saturated heterocycles. The summed E-state index contributed by atoms with van der Waals surface area (Å²) in [6.45, 7) is 1.48. The van der Waals surface area contributed by atoms with Crippen molar-refractivity contribution in [3.63, 3.8) is 0 Å². The van der Waals surface area contributed by atoms with Gasteiger partial charge in [-0.25, -0.2) is 4.79 Å². The second-order valence-electron chi connectivity index (χ2n) is 4.96. The summed E-state index contributed by atoms with van der Waals surface area (Å²) in [5.74, 6) is 1.47. The minimum absolute atomic E-state index is 0.169. The first-order valence-corrected chi connectivity index (χ1v) is 8.12. The first kappa shape index (κ1) is 14.7.